The van der Waals surface area contributed by atoms with Crippen molar-refractivity contribution < 1.29 is 4.74 Å². The highest BCUT2D eigenvalue weighted by atomic mass is 16.5. The molecule has 1 aromatic carbocycles. The van der Waals surface area contributed by atoms with Crippen LogP contribution in [0.25, 0.3) is 0 Å². The highest BCUT2D eigenvalue weighted by Gasteiger charge is 2.24. The van der Waals surface area contributed by atoms with Gasteiger partial charge in [-0.05, 0) is 50.2 Å². The van der Waals surface area contributed by atoms with E-state index < -0.39 is 0 Å². The summed E-state index contributed by atoms with van der Waals surface area (Å²) in [6, 6.07) is 9.03. The predicted octanol–water partition coefficient (Wildman–Crippen LogP) is 3.27. The molecule has 1 aliphatic carbocycles. The number of hydrazine groups is 1. The van der Waals surface area contributed by atoms with Crippen molar-refractivity contribution in [2.24, 2.45) is 5.84 Å². The number of methoxy groups -OCH3 is 1. The van der Waals surface area contributed by atoms with Crippen molar-refractivity contribution in [3.8, 4) is 0 Å². The van der Waals surface area contributed by atoms with Crippen molar-refractivity contribution in [1.82, 2.24) is 5.43 Å². The Morgan fingerprint density at radius 3 is 2.37 bits per heavy atom. The summed E-state index contributed by atoms with van der Waals surface area (Å²) in [6.07, 6.45) is 4.91. The summed E-state index contributed by atoms with van der Waals surface area (Å²) in [4.78, 5) is 0. The van der Waals surface area contributed by atoms with Gasteiger partial charge in [0.05, 0.1) is 5.60 Å². The van der Waals surface area contributed by atoms with Gasteiger partial charge in [0.2, 0.25) is 0 Å². The number of nitrogens with one attached hydrogen (secondary N) is 1. The molecule has 3 nitrogen and oxygen atoms in total. The van der Waals surface area contributed by atoms with Crippen LogP contribution in [0.1, 0.15) is 62.6 Å². The maximum absolute atomic E-state index is 5.70. The molecule has 0 aromatic heterocycles. The fourth-order valence-electron chi connectivity index (χ4n) is 2.59. The minimum atomic E-state index is -0.177. The van der Waals surface area contributed by atoms with Gasteiger partial charge >= 0.3 is 0 Å². The Bertz CT molecular complexity index is 396. The molecule has 0 bridgehead atoms. The van der Waals surface area contributed by atoms with Crippen LogP contribution in [-0.4, -0.2) is 12.7 Å². The Morgan fingerprint density at radius 1 is 1.32 bits per heavy atom. The number of ether oxygens (including phenoxy) is 1. The fraction of sp³-hybridized carbons (Fsp3) is 0.625. The first-order chi connectivity index (χ1) is 9.05. The van der Waals surface area contributed by atoms with E-state index in [1.165, 1.54) is 30.4 Å². The molecule has 0 heterocycles. The molecule has 0 aliphatic heterocycles. The number of nitrogens with two attached hydrogens (primary N) is 1. The maximum Gasteiger partial charge on any atom is 0.0641 e. The van der Waals surface area contributed by atoms with E-state index in [4.69, 9.17) is 10.6 Å². The van der Waals surface area contributed by atoms with Gasteiger partial charge in [0.25, 0.3) is 0 Å². The highest BCUT2D eigenvalue weighted by molar-refractivity contribution is 5.28. The summed E-state index contributed by atoms with van der Waals surface area (Å²) in [6.45, 7) is 4.17. The van der Waals surface area contributed by atoms with Crippen LogP contribution in [0.3, 0.4) is 0 Å². The average molecular weight is 262 g/mol. The van der Waals surface area contributed by atoms with Gasteiger partial charge in [-0.1, -0.05) is 30.7 Å². The van der Waals surface area contributed by atoms with E-state index in [0.717, 1.165) is 12.3 Å². The summed E-state index contributed by atoms with van der Waals surface area (Å²) in [7, 11) is 1.74. The van der Waals surface area contributed by atoms with E-state index in [-0.39, 0.29) is 11.6 Å². The minimum absolute atomic E-state index is 0.130. The molecule has 1 fully saturated rings. The lowest BCUT2D eigenvalue weighted by molar-refractivity contribution is 0.00681. The molecule has 0 radical (unpaired) electrons. The second-order valence-corrected chi connectivity index (χ2v) is 6.18. The topological polar surface area (TPSA) is 47.3 Å². The maximum atomic E-state index is 5.70. The van der Waals surface area contributed by atoms with Crippen LogP contribution in [0.4, 0.5) is 0 Å². The zero-order valence-electron chi connectivity index (χ0n) is 12.3. The molecule has 3 heteroatoms. The third kappa shape index (κ3) is 3.56. The quantitative estimate of drug-likeness (QED) is 0.611. The van der Waals surface area contributed by atoms with Gasteiger partial charge in [0.15, 0.2) is 0 Å². The summed E-state index contributed by atoms with van der Waals surface area (Å²) < 4.78 is 5.48. The van der Waals surface area contributed by atoms with Gasteiger partial charge in [-0.3, -0.25) is 11.3 Å². The van der Waals surface area contributed by atoms with Gasteiger partial charge in [-0.25, -0.2) is 0 Å². The van der Waals surface area contributed by atoms with Gasteiger partial charge in [0.1, 0.15) is 0 Å². The second-order valence-electron chi connectivity index (χ2n) is 6.18. The predicted molar refractivity (Wildman–Crippen MR) is 78.8 cm³/mol. The normalized spacial score (nSPS) is 18.1. The molecular formula is C16H26N2O. The fourth-order valence-corrected chi connectivity index (χ4v) is 2.59. The third-order valence-electron chi connectivity index (χ3n) is 4.36. The molecule has 1 unspecified atom stereocenters. The van der Waals surface area contributed by atoms with Crippen molar-refractivity contribution in [3.63, 3.8) is 0 Å². The lowest BCUT2D eigenvalue weighted by atomic mass is 9.79. The molecule has 0 spiro atoms. The van der Waals surface area contributed by atoms with E-state index in [0.29, 0.717) is 0 Å². The molecule has 1 atom stereocenters. The van der Waals surface area contributed by atoms with Crippen LogP contribution in [0.2, 0.25) is 0 Å². The summed E-state index contributed by atoms with van der Waals surface area (Å²) in [5.74, 6) is 6.48. The Balaban J connectivity index is 2.05. The van der Waals surface area contributed by atoms with Crippen LogP contribution >= 0.6 is 0 Å². The van der Waals surface area contributed by atoms with E-state index in [9.17, 15) is 0 Å². The van der Waals surface area contributed by atoms with Crippen LogP contribution < -0.4 is 11.3 Å². The van der Waals surface area contributed by atoms with Crippen molar-refractivity contribution in [3.05, 3.63) is 35.4 Å². The van der Waals surface area contributed by atoms with Crippen LogP contribution in [-0.2, 0) is 4.74 Å². The standard InChI is InChI=1S/C16H26N2O/c1-16(2,19-3)11-15(18-17)14-9-7-13(8-10-14)12-5-4-6-12/h7-10,12,15,18H,4-6,11,17H2,1-3H3. The van der Waals surface area contributed by atoms with E-state index in [1.54, 1.807) is 7.11 Å². The number of rotatable bonds is 6. The van der Waals surface area contributed by atoms with Crippen LogP contribution in [0.5, 0.6) is 0 Å². The molecular weight excluding hydrogens is 236 g/mol. The SMILES string of the molecule is COC(C)(C)CC(NN)c1ccc(C2CCC2)cc1. The van der Waals surface area contributed by atoms with E-state index in [1.807, 2.05) is 0 Å². The lowest BCUT2D eigenvalue weighted by Gasteiger charge is -2.29. The second kappa shape index (κ2) is 6.04. The molecule has 1 saturated carbocycles. The van der Waals surface area contributed by atoms with Crippen molar-refractivity contribution in [2.45, 2.75) is 57.1 Å². The summed E-state index contributed by atoms with van der Waals surface area (Å²) in [5.41, 5.74) is 5.43. The smallest absolute Gasteiger partial charge is 0.0641 e. The zero-order chi connectivity index (χ0) is 13.9. The van der Waals surface area contributed by atoms with Gasteiger partial charge < -0.3 is 4.74 Å². The van der Waals surface area contributed by atoms with Crippen LogP contribution in [0, 0.1) is 0 Å². The van der Waals surface area contributed by atoms with Crippen molar-refractivity contribution in [2.75, 3.05) is 7.11 Å². The monoisotopic (exact) mass is 262 g/mol. The van der Waals surface area contributed by atoms with Gasteiger partial charge in [-0.15, -0.1) is 0 Å². The van der Waals surface area contributed by atoms with Gasteiger partial charge in [-0.2, -0.15) is 0 Å². The molecule has 3 N–H and O–H groups in total. The van der Waals surface area contributed by atoms with Gasteiger partial charge in [0, 0.05) is 13.2 Å². The Labute approximate surface area is 116 Å². The largest absolute Gasteiger partial charge is 0.379 e. The lowest BCUT2D eigenvalue weighted by Crippen LogP contribution is -2.35. The van der Waals surface area contributed by atoms with E-state index in [2.05, 4.69) is 43.5 Å². The first kappa shape index (κ1) is 14.5. The Hall–Kier alpha value is -0.900. The summed E-state index contributed by atoms with van der Waals surface area (Å²) in [5, 5.41) is 0. The first-order valence-electron chi connectivity index (χ1n) is 7.17. The Morgan fingerprint density at radius 2 is 1.95 bits per heavy atom. The van der Waals surface area contributed by atoms with Crippen molar-refractivity contribution >= 4 is 0 Å². The molecule has 1 aromatic rings. The van der Waals surface area contributed by atoms with Crippen LogP contribution in [0.15, 0.2) is 24.3 Å². The number of hydrogen-bond acceptors (Lipinski definition) is 3. The molecule has 106 valence electrons. The van der Waals surface area contributed by atoms with Crippen molar-refractivity contribution in [1.29, 1.82) is 0 Å². The zero-order valence-corrected chi connectivity index (χ0v) is 12.3. The minimum Gasteiger partial charge on any atom is -0.379 e. The molecule has 19 heavy (non-hydrogen) atoms. The van der Waals surface area contributed by atoms with E-state index >= 15 is 0 Å². The highest BCUT2D eigenvalue weighted by Crippen LogP contribution is 2.36. The molecule has 0 saturated heterocycles. The average Bonchev–Trinajstić information content (AvgIpc) is 2.35. The Kier molecular flexibility index (Phi) is 4.61. The number of hydrogen-bond donors (Lipinski definition) is 2. The summed E-state index contributed by atoms with van der Waals surface area (Å²) >= 11 is 0. The third-order valence-corrected chi connectivity index (χ3v) is 4.36. The number of benzene rings is 1. The molecule has 1 aliphatic rings. The molecule has 0 amide bonds. The molecule has 2 rings (SSSR count). The first-order valence-corrected chi connectivity index (χ1v) is 7.17.